The number of hydrogen-bond acceptors (Lipinski definition) is 6. The predicted molar refractivity (Wildman–Crippen MR) is 78.1 cm³/mol. The highest BCUT2D eigenvalue weighted by atomic mass is 32.2. The first kappa shape index (κ1) is 15.7. The second-order valence-electron chi connectivity index (χ2n) is 5.17. The zero-order valence-electron chi connectivity index (χ0n) is 11.7. The number of nitrogen functional groups attached to an aromatic ring is 1. The SMILES string of the molecule is CC1CCN(S(=O)(=O)c2ccc(NN)cc2[N+](=O)[O-])CC1. The minimum Gasteiger partial charge on any atom is -0.324 e. The highest BCUT2D eigenvalue weighted by Gasteiger charge is 2.33. The molecule has 0 bridgehead atoms. The van der Waals surface area contributed by atoms with E-state index in [-0.39, 0.29) is 10.6 Å². The summed E-state index contributed by atoms with van der Waals surface area (Å²) in [6.45, 7) is 2.84. The van der Waals surface area contributed by atoms with Crippen LogP contribution in [0.5, 0.6) is 0 Å². The maximum Gasteiger partial charge on any atom is 0.291 e. The van der Waals surface area contributed by atoms with Gasteiger partial charge in [-0.3, -0.25) is 16.0 Å². The monoisotopic (exact) mass is 314 g/mol. The van der Waals surface area contributed by atoms with Gasteiger partial charge in [0.05, 0.1) is 10.6 Å². The Morgan fingerprint density at radius 1 is 1.38 bits per heavy atom. The van der Waals surface area contributed by atoms with Gasteiger partial charge in [-0.15, -0.1) is 0 Å². The lowest BCUT2D eigenvalue weighted by Crippen LogP contribution is -2.38. The lowest BCUT2D eigenvalue weighted by Gasteiger charge is -2.29. The molecule has 9 heteroatoms. The molecule has 1 aromatic rings. The number of nitro groups is 1. The zero-order chi connectivity index (χ0) is 15.6. The van der Waals surface area contributed by atoms with Gasteiger partial charge in [0.1, 0.15) is 0 Å². The highest BCUT2D eigenvalue weighted by Crippen LogP contribution is 2.31. The molecular weight excluding hydrogens is 296 g/mol. The number of nitrogens with two attached hydrogens (primary N) is 1. The standard InChI is InChI=1S/C12H18N4O4S/c1-9-4-6-15(7-5-9)21(19,20)12-3-2-10(14-13)8-11(12)16(17)18/h2-3,8-9,14H,4-7,13H2,1H3. The van der Waals surface area contributed by atoms with E-state index in [0.29, 0.717) is 19.0 Å². The molecule has 0 aliphatic carbocycles. The molecule has 0 unspecified atom stereocenters. The quantitative estimate of drug-likeness (QED) is 0.491. The van der Waals surface area contributed by atoms with Gasteiger partial charge < -0.3 is 5.43 Å². The van der Waals surface area contributed by atoms with Gasteiger partial charge in [-0.1, -0.05) is 6.92 Å². The molecule has 8 nitrogen and oxygen atoms in total. The Morgan fingerprint density at radius 3 is 2.52 bits per heavy atom. The first-order chi connectivity index (χ1) is 9.86. The van der Waals surface area contributed by atoms with Crippen LogP contribution in [0.4, 0.5) is 11.4 Å². The number of rotatable bonds is 4. The fraction of sp³-hybridized carbons (Fsp3) is 0.500. The number of nitrogens with zero attached hydrogens (tertiary/aromatic N) is 2. The Hall–Kier alpha value is -1.71. The van der Waals surface area contributed by atoms with Crippen LogP contribution < -0.4 is 11.3 Å². The van der Waals surface area contributed by atoms with Crippen LogP contribution in [0.25, 0.3) is 0 Å². The number of hydrazine groups is 1. The minimum absolute atomic E-state index is 0.285. The summed E-state index contributed by atoms with van der Waals surface area (Å²) in [7, 11) is -3.86. The van der Waals surface area contributed by atoms with Crippen molar-refractivity contribution in [2.24, 2.45) is 11.8 Å². The summed E-state index contributed by atoms with van der Waals surface area (Å²) in [5.74, 6) is 5.67. The molecule has 0 atom stereocenters. The summed E-state index contributed by atoms with van der Waals surface area (Å²) in [5, 5.41) is 11.1. The van der Waals surface area contributed by atoms with E-state index in [1.165, 1.54) is 16.4 Å². The zero-order valence-corrected chi connectivity index (χ0v) is 12.5. The number of piperidine rings is 1. The van der Waals surface area contributed by atoms with Crippen LogP contribution >= 0.6 is 0 Å². The number of benzene rings is 1. The maximum atomic E-state index is 12.6. The number of anilines is 1. The molecule has 0 radical (unpaired) electrons. The normalized spacial score (nSPS) is 17.6. The van der Waals surface area contributed by atoms with E-state index in [9.17, 15) is 18.5 Å². The average Bonchev–Trinajstić information content (AvgIpc) is 2.47. The molecule has 0 aromatic heterocycles. The summed E-state index contributed by atoms with van der Waals surface area (Å²) in [6, 6.07) is 3.76. The molecule has 1 aliphatic rings. The van der Waals surface area contributed by atoms with E-state index < -0.39 is 20.6 Å². The molecule has 1 heterocycles. The van der Waals surface area contributed by atoms with Crippen LogP contribution in [0.3, 0.4) is 0 Å². The van der Waals surface area contributed by atoms with Gasteiger partial charge in [0.15, 0.2) is 4.90 Å². The fourth-order valence-electron chi connectivity index (χ4n) is 2.33. The number of nitro benzene ring substituents is 1. The molecule has 0 saturated carbocycles. The lowest BCUT2D eigenvalue weighted by molar-refractivity contribution is -0.387. The van der Waals surface area contributed by atoms with Gasteiger partial charge in [0, 0.05) is 19.2 Å². The van der Waals surface area contributed by atoms with Gasteiger partial charge in [-0.2, -0.15) is 4.31 Å². The van der Waals surface area contributed by atoms with E-state index in [0.717, 1.165) is 18.9 Å². The molecule has 1 aromatic carbocycles. The Kier molecular flexibility index (Phi) is 4.45. The van der Waals surface area contributed by atoms with Crippen molar-refractivity contribution in [1.29, 1.82) is 0 Å². The molecule has 1 fully saturated rings. The Balaban J connectivity index is 2.42. The van der Waals surface area contributed by atoms with Gasteiger partial charge in [0.25, 0.3) is 5.69 Å². The molecule has 21 heavy (non-hydrogen) atoms. The summed E-state index contributed by atoms with van der Waals surface area (Å²) in [4.78, 5) is 10.1. The second kappa shape index (κ2) is 5.96. The third-order valence-corrected chi connectivity index (χ3v) is 5.63. The molecule has 1 aliphatic heterocycles. The Morgan fingerprint density at radius 2 is 2.00 bits per heavy atom. The Labute approximate surface area is 123 Å². The Bertz CT molecular complexity index is 639. The van der Waals surface area contributed by atoms with Crippen LogP contribution in [0.1, 0.15) is 19.8 Å². The molecule has 116 valence electrons. The molecule has 0 amide bonds. The van der Waals surface area contributed by atoms with Crippen molar-refractivity contribution in [3.8, 4) is 0 Å². The van der Waals surface area contributed by atoms with Crippen LogP contribution in [-0.2, 0) is 10.0 Å². The number of sulfonamides is 1. The highest BCUT2D eigenvalue weighted by molar-refractivity contribution is 7.89. The summed E-state index contributed by atoms with van der Waals surface area (Å²) in [6.07, 6.45) is 1.52. The van der Waals surface area contributed by atoms with Crippen molar-refractivity contribution in [3.63, 3.8) is 0 Å². The van der Waals surface area contributed by atoms with Gasteiger partial charge >= 0.3 is 0 Å². The van der Waals surface area contributed by atoms with Crippen molar-refractivity contribution < 1.29 is 13.3 Å². The molecule has 2 rings (SSSR count). The number of nitrogens with one attached hydrogen (secondary N) is 1. The van der Waals surface area contributed by atoms with Crippen molar-refractivity contribution >= 4 is 21.4 Å². The van der Waals surface area contributed by atoms with Gasteiger partial charge in [-0.25, -0.2) is 8.42 Å². The van der Waals surface area contributed by atoms with Crippen LogP contribution in [0.2, 0.25) is 0 Å². The topological polar surface area (TPSA) is 119 Å². The predicted octanol–water partition coefficient (Wildman–Crippen LogP) is 1.30. The minimum atomic E-state index is -3.86. The summed E-state index contributed by atoms with van der Waals surface area (Å²) in [5.41, 5.74) is 2.09. The van der Waals surface area contributed by atoms with Crippen molar-refractivity contribution in [3.05, 3.63) is 28.3 Å². The van der Waals surface area contributed by atoms with Crippen molar-refractivity contribution in [2.45, 2.75) is 24.7 Å². The fourth-order valence-corrected chi connectivity index (χ4v) is 3.94. The molecule has 0 spiro atoms. The van der Waals surface area contributed by atoms with Gasteiger partial charge in [0.2, 0.25) is 10.0 Å². The number of hydrogen-bond donors (Lipinski definition) is 2. The second-order valence-corrected chi connectivity index (χ2v) is 7.08. The van der Waals surface area contributed by atoms with Crippen molar-refractivity contribution in [1.82, 2.24) is 4.31 Å². The first-order valence-corrected chi connectivity index (χ1v) is 8.05. The van der Waals surface area contributed by atoms with Crippen LogP contribution in [-0.4, -0.2) is 30.7 Å². The van der Waals surface area contributed by atoms with Gasteiger partial charge in [-0.05, 0) is 30.9 Å². The summed E-state index contributed by atoms with van der Waals surface area (Å²) >= 11 is 0. The third kappa shape index (κ3) is 3.14. The molecule has 1 saturated heterocycles. The summed E-state index contributed by atoms with van der Waals surface area (Å²) < 4.78 is 26.5. The lowest BCUT2D eigenvalue weighted by atomic mass is 10.0. The van der Waals surface area contributed by atoms with E-state index >= 15 is 0 Å². The largest absolute Gasteiger partial charge is 0.324 e. The van der Waals surface area contributed by atoms with Crippen molar-refractivity contribution in [2.75, 3.05) is 18.5 Å². The van der Waals surface area contributed by atoms with Crippen LogP contribution in [0, 0.1) is 16.0 Å². The van der Waals surface area contributed by atoms with E-state index in [1.807, 2.05) is 0 Å². The maximum absolute atomic E-state index is 12.6. The van der Waals surface area contributed by atoms with E-state index in [2.05, 4.69) is 12.3 Å². The average molecular weight is 314 g/mol. The molecule has 3 N–H and O–H groups in total. The molecular formula is C12H18N4O4S. The first-order valence-electron chi connectivity index (χ1n) is 6.61. The van der Waals surface area contributed by atoms with E-state index in [1.54, 1.807) is 0 Å². The van der Waals surface area contributed by atoms with E-state index in [4.69, 9.17) is 5.84 Å². The smallest absolute Gasteiger partial charge is 0.291 e. The third-order valence-electron chi connectivity index (χ3n) is 3.68. The van der Waals surface area contributed by atoms with Crippen LogP contribution in [0.15, 0.2) is 23.1 Å².